The Bertz CT molecular complexity index is 276. The maximum Gasteiger partial charge on any atom is 0.222 e. The lowest BCUT2D eigenvalue weighted by Gasteiger charge is -2.37. The van der Waals surface area contributed by atoms with Crippen molar-refractivity contribution >= 4 is 5.91 Å². The van der Waals surface area contributed by atoms with Crippen molar-refractivity contribution in [1.82, 2.24) is 9.80 Å². The smallest absolute Gasteiger partial charge is 0.222 e. The molecule has 0 atom stereocenters. The lowest BCUT2D eigenvalue weighted by molar-refractivity contribution is -0.132. The topological polar surface area (TPSA) is 23.6 Å². The van der Waals surface area contributed by atoms with Gasteiger partial charge in [0.1, 0.15) is 0 Å². The van der Waals surface area contributed by atoms with Gasteiger partial charge in [0.15, 0.2) is 0 Å². The number of rotatable bonds is 4. The average molecular weight is 266 g/mol. The third kappa shape index (κ3) is 4.48. The molecule has 1 amide bonds. The van der Waals surface area contributed by atoms with Crippen molar-refractivity contribution in [2.75, 3.05) is 32.7 Å². The van der Waals surface area contributed by atoms with Gasteiger partial charge in [-0.2, -0.15) is 0 Å². The molecule has 2 fully saturated rings. The van der Waals surface area contributed by atoms with Gasteiger partial charge < -0.3 is 9.80 Å². The molecule has 2 heterocycles. The van der Waals surface area contributed by atoms with E-state index in [1.54, 1.807) is 0 Å². The van der Waals surface area contributed by atoms with Crippen LogP contribution in [0.5, 0.6) is 0 Å². The first-order valence-electron chi connectivity index (χ1n) is 8.19. The molecule has 2 saturated heterocycles. The first kappa shape index (κ1) is 14.8. The van der Waals surface area contributed by atoms with Crippen molar-refractivity contribution in [2.45, 2.75) is 52.4 Å². The molecular formula is C16H30N2O. The van der Waals surface area contributed by atoms with Crippen LogP contribution in [0, 0.1) is 11.8 Å². The Balaban J connectivity index is 1.67. The van der Waals surface area contributed by atoms with E-state index in [9.17, 15) is 4.79 Å². The second kappa shape index (κ2) is 7.28. The Morgan fingerprint density at radius 3 is 2.26 bits per heavy atom. The van der Waals surface area contributed by atoms with Crippen LogP contribution in [-0.2, 0) is 4.79 Å². The van der Waals surface area contributed by atoms with Gasteiger partial charge in [-0.25, -0.2) is 0 Å². The minimum atomic E-state index is 0.368. The van der Waals surface area contributed by atoms with Crippen molar-refractivity contribution in [3.8, 4) is 0 Å². The number of piperidine rings is 2. The van der Waals surface area contributed by atoms with Crippen molar-refractivity contribution in [3.63, 3.8) is 0 Å². The van der Waals surface area contributed by atoms with Gasteiger partial charge in [-0.1, -0.05) is 13.8 Å². The first-order chi connectivity index (χ1) is 9.19. The van der Waals surface area contributed by atoms with Gasteiger partial charge in [0, 0.05) is 26.1 Å². The monoisotopic (exact) mass is 266 g/mol. The summed E-state index contributed by atoms with van der Waals surface area (Å²) in [4.78, 5) is 16.6. The fourth-order valence-electron chi connectivity index (χ4n) is 3.35. The molecular weight excluding hydrogens is 236 g/mol. The molecule has 0 saturated carbocycles. The summed E-state index contributed by atoms with van der Waals surface area (Å²) >= 11 is 0. The summed E-state index contributed by atoms with van der Waals surface area (Å²) in [6.45, 7) is 10.3. The molecule has 0 N–H and O–H groups in total. The molecule has 3 heteroatoms. The molecule has 0 aromatic heterocycles. The molecule has 19 heavy (non-hydrogen) atoms. The largest absolute Gasteiger partial charge is 0.343 e. The van der Waals surface area contributed by atoms with Gasteiger partial charge in [-0.15, -0.1) is 0 Å². The van der Waals surface area contributed by atoms with Crippen LogP contribution in [0.4, 0.5) is 0 Å². The molecule has 3 nitrogen and oxygen atoms in total. The molecule has 2 aliphatic heterocycles. The molecule has 0 spiro atoms. The van der Waals surface area contributed by atoms with Crippen LogP contribution in [0.25, 0.3) is 0 Å². The van der Waals surface area contributed by atoms with E-state index in [1.807, 2.05) is 0 Å². The lowest BCUT2D eigenvalue weighted by Crippen LogP contribution is -2.43. The first-order valence-corrected chi connectivity index (χ1v) is 8.19. The Hall–Kier alpha value is -0.570. The predicted octanol–water partition coefficient (Wildman–Crippen LogP) is 2.76. The number of likely N-dealkylation sites (tertiary alicyclic amines) is 2. The Morgan fingerprint density at radius 1 is 1.05 bits per heavy atom. The highest BCUT2D eigenvalue weighted by Crippen LogP contribution is 2.22. The molecule has 0 aliphatic carbocycles. The van der Waals surface area contributed by atoms with Crippen LogP contribution in [0.3, 0.4) is 0 Å². The van der Waals surface area contributed by atoms with Gasteiger partial charge >= 0.3 is 0 Å². The van der Waals surface area contributed by atoms with Crippen LogP contribution in [0.1, 0.15) is 52.4 Å². The SMILES string of the molecule is CCCC(=O)N1CCC(CN2CCC(C)CC2)CC1. The third-order valence-electron chi connectivity index (χ3n) is 4.82. The Morgan fingerprint density at radius 2 is 1.68 bits per heavy atom. The maximum absolute atomic E-state index is 11.8. The summed E-state index contributed by atoms with van der Waals surface area (Å²) < 4.78 is 0. The van der Waals surface area contributed by atoms with Crippen LogP contribution < -0.4 is 0 Å². The summed E-state index contributed by atoms with van der Waals surface area (Å²) in [5, 5.41) is 0. The highest BCUT2D eigenvalue weighted by molar-refractivity contribution is 5.76. The van der Waals surface area contributed by atoms with Gasteiger partial charge in [0.25, 0.3) is 0 Å². The van der Waals surface area contributed by atoms with Gasteiger partial charge in [0.2, 0.25) is 5.91 Å². The lowest BCUT2D eigenvalue weighted by atomic mass is 9.93. The van der Waals surface area contributed by atoms with Gasteiger partial charge in [0.05, 0.1) is 0 Å². The standard InChI is InChI=1S/C16H30N2O/c1-3-4-16(19)18-11-7-15(8-12-18)13-17-9-5-14(2)6-10-17/h14-15H,3-13H2,1-2H3. The Kier molecular flexibility index (Phi) is 5.68. The fraction of sp³-hybridized carbons (Fsp3) is 0.938. The number of hydrogen-bond donors (Lipinski definition) is 0. The zero-order valence-corrected chi connectivity index (χ0v) is 12.7. The van der Waals surface area contributed by atoms with E-state index in [-0.39, 0.29) is 0 Å². The molecule has 2 aliphatic rings. The molecule has 0 aromatic carbocycles. The van der Waals surface area contributed by atoms with Crippen molar-refractivity contribution < 1.29 is 4.79 Å². The summed E-state index contributed by atoms with van der Waals surface area (Å²) in [7, 11) is 0. The van der Waals surface area contributed by atoms with E-state index >= 15 is 0 Å². The zero-order valence-electron chi connectivity index (χ0n) is 12.7. The number of carbonyl (C=O) groups is 1. The molecule has 0 unspecified atom stereocenters. The van der Waals surface area contributed by atoms with Crippen molar-refractivity contribution in [1.29, 1.82) is 0 Å². The van der Waals surface area contributed by atoms with Crippen LogP contribution in [0.2, 0.25) is 0 Å². The minimum absolute atomic E-state index is 0.368. The predicted molar refractivity (Wildman–Crippen MR) is 79.1 cm³/mol. The highest BCUT2D eigenvalue weighted by atomic mass is 16.2. The quantitative estimate of drug-likeness (QED) is 0.781. The maximum atomic E-state index is 11.8. The zero-order chi connectivity index (χ0) is 13.7. The Labute approximate surface area is 118 Å². The second-order valence-electron chi connectivity index (χ2n) is 6.56. The number of carbonyl (C=O) groups excluding carboxylic acids is 1. The van der Waals surface area contributed by atoms with Crippen LogP contribution in [0.15, 0.2) is 0 Å². The van der Waals surface area contributed by atoms with E-state index in [1.165, 1.54) is 45.3 Å². The summed E-state index contributed by atoms with van der Waals surface area (Å²) in [5.74, 6) is 2.11. The van der Waals surface area contributed by atoms with Crippen LogP contribution >= 0.6 is 0 Å². The third-order valence-corrected chi connectivity index (χ3v) is 4.82. The molecule has 2 rings (SSSR count). The van der Waals surface area contributed by atoms with Crippen LogP contribution in [-0.4, -0.2) is 48.4 Å². The van der Waals surface area contributed by atoms with Crippen molar-refractivity contribution in [2.24, 2.45) is 11.8 Å². The number of nitrogens with zero attached hydrogens (tertiary/aromatic N) is 2. The minimum Gasteiger partial charge on any atom is -0.343 e. The molecule has 110 valence electrons. The normalized spacial score (nSPS) is 23.8. The molecule has 0 bridgehead atoms. The summed E-state index contributed by atoms with van der Waals surface area (Å²) in [6.07, 6.45) is 6.87. The highest BCUT2D eigenvalue weighted by Gasteiger charge is 2.25. The summed E-state index contributed by atoms with van der Waals surface area (Å²) in [6, 6.07) is 0. The van der Waals surface area contributed by atoms with E-state index in [2.05, 4.69) is 23.6 Å². The van der Waals surface area contributed by atoms with E-state index in [0.29, 0.717) is 5.91 Å². The number of amides is 1. The molecule has 0 aromatic rings. The second-order valence-corrected chi connectivity index (χ2v) is 6.56. The van der Waals surface area contributed by atoms with Gasteiger partial charge in [-0.05, 0) is 57.0 Å². The average Bonchev–Trinajstić information content (AvgIpc) is 2.42. The van der Waals surface area contributed by atoms with E-state index in [0.717, 1.165) is 37.8 Å². The fourth-order valence-corrected chi connectivity index (χ4v) is 3.35. The number of hydrogen-bond acceptors (Lipinski definition) is 2. The van der Waals surface area contributed by atoms with E-state index in [4.69, 9.17) is 0 Å². The van der Waals surface area contributed by atoms with E-state index < -0.39 is 0 Å². The summed E-state index contributed by atoms with van der Waals surface area (Å²) in [5.41, 5.74) is 0. The van der Waals surface area contributed by atoms with Crippen molar-refractivity contribution in [3.05, 3.63) is 0 Å². The molecule has 0 radical (unpaired) electrons. The van der Waals surface area contributed by atoms with Gasteiger partial charge in [-0.3, -0.25) is 4.79 Å².